The van der Waals surface area contributed by atoms with Gasteiger partial charge in [-0.3, -0.25) is 4.79 Å². The van der Waals surface area contributed by atoms with E-state index in [4.69, 9.17) is 4.74 Å². The molecule has 1 aliphatic rings. The summed E-state index contributed by atoms with van der Waals surface area (Å²) >= 11 is 1.71. The molecule has 3 aromatic rings. The predicted molar refractivity (Wildman–Crippen MR) is 100 cm³/mol. The van der Waals surface area contributed by atoms with Crippen molar-refractivity contribution in [3.63, 3.8) is 0 Å². The van der Waals surface area contributed by atoms with Gasteiger partial charge in [-0.2, -0.15) is 0 Å². The summed E-state index contributed by atoms with van der Waals surface area (Å²) in [5.41, 5.74) is 2.57. The first-order chi connectivity index (χ1) is 12.7. The van der Waals surface area contributed by atoms with E-state index >= 15 is 0 Å². The third-order valence-corrected chi connectivity index (χ3v) is 5.75. The smallest absolute Gasteiger partial charge is 0.258 e. The van der Waals surface area contributed by atoms with Crippen LogP contribution in [0.2, 0.25) is 0 Å². The Kier molecular flexibility index (Phi) is 4.47. The van der Waals surface area contributed by atoms with Crippen LogP contribution in [0.5, 0.6) is 5.75 Å². The average molecular weight is 367 g/mol. The van der Waals surface area contributed by atoms with Gasteiger partial charge in [0.2, 0.25) is 0 Å². The molecule has 0 saturated carbocycles. The Morgan fingerprint density at radius 1 is 1.15 bits per heavy atom. The SMILES string of the molecule is COc1ccccc1C(=O)N1CCc2sccc2[C@H]1c1ccc(F)cc1. The lowest BCUT2D eigenvalue weighted by Crippen LogP contribution is -2.40. The highest BCUT2D eigenvalue weighted by molar-refractivity contribution is 7.10. The van der Waals surface area contributed by atoms with Crippen LogP contribution >= 0.6 is 11.3 Å². The van der Waals surface area contributed by atoms with Crippen LogP contribution in [0, 0.1) is 5.82 Å². The van der Waals surface area contributed by atoms with Crippen LogP contribution in [0.1, 0.15) is 32.4 Å². The molecule has 1 amide bonds. The van der Waals surface area contributed by atoms with Crippen molar-refractivity contribution in [3.8, 4) is 5.75 Å². The number of para-hydroxylation sites is 1. The van der Waals surface area contributed by atoms with Crippen molar-refractivity contribution in [2.24, 2.45) is 0 Å². The molecule has 0 fully saturated rings. The number of thiophene rings is 1. The summed E-state index contributed by atoms with van der Waals surface area (Å²) in [6.07, 6.45) is 0.825. The zero-order valence-corrected chi connectivity index (χ0v) is 15.1. The zero-order chi connectivity index (χ0) is 18.1. The average Bonchev–Trinajstić information content (AvgIpc) is 3.16. The van der Waals surface area contributed by atoms with E-state index in [1.807, 2.05) is 17.0 Å². The molecule has 4 rings (SSSR count). The van der Waals surface area contributed by atoms with Crippen LogP contribution in [-0.4, -0.2) is 24.5 Å². The molecule has 0 bridgehead atoms. The molecule has 26 heavy (non-hydrogen) atoms. The van der Waals surface area contributed by atoms with Crippen molar-refractivity contribution in [1.82, 2.24) is 4.90 Å². The van der Waals surface area contributed by atoms with Gasteiger partial charge in [0.05, 0.1) is 18.7 Å². The van der Waals surface area contributed by atoms with Gasteiger partial charge >= 0.3 is 0 Å². The minimum absolute atomic E-state index is 0.0753. The summed E-state index contributed by atoms with van der Waals surface area (Å²) in [6.45, 7) is 0.617. The van der Waals surface area contributed by atoms with E-state index in [1.54, 1.807) is 42.7 Å². The van der Waals surface area contributed by atoms with E-state index in [2.05, 4.69) is 11.4 Å². The Balaban J connectivity index is 1.79. The van der Waals surface area contributed by atoms with Crippen LogP contribution < -0.4 is 4.74 Å². The second-order valence-corrected chi connectivity index (χ2v) is 7.20. The minimum atomic E-state index is -0.280. The largest absolute Gasteiger partial charge is 0.496 e. The van der Waals surface area contributed by atoms with Crippen molar-refractivity contribution >= 4 is 17.2 Å². The summed E-state index contributed by atoms with van der Waals surface area (Å²) in [7, 11) is 1.57. The fourth-order valence-corrected chi connectivity index (χ4v) is 4.42. The first-order valence-corrected chi connectivity index (χ1v) is 9.32. The number of amides is 1. The van der Waals surface area contributed by atoms with E-state index in [9.17, 15) is 9.18 Å². The minimum Gasteiger partial charge on any atom is -0.496 e. The van der Waals surface area contributed by atoms with Crippen molar-refractivity contribution < 1.29 is 13.9 Å². The topological polar surface area (TPSA) is 29.5 Å². The summed E-state index contributed by atoms with van der Waals surface area (Å²) in [5.74, 6) is 0.206. The molecule has 0 saturated heterocycles. The van der Waals surface area contributed by atoms with Crippen LogP contribution in [0.3, 0.4) is 0 Å². The number of hydrogen-bond acceptors (Lipinski definition) is 3. The number of fused-ring (bicyclic) bond motifs is 1. The van der Waals surface area contributed by atoms with Gasteiger partial charge in [0, 0.05) is 11.4 Å². The van der Waals surface area contributed by atoms with E-state index in [1.165, 1.54) is 17.0 Å². The van der Waals surface area contributed by atoms with Crippen LogP contribution in [-0.2, 0) is 6.42 Å². The third kappa shape index (κ3) is 2.88. The lowest BCUT2D eigenvalue weighted by atomic mass is 9.92. The number of rotatable bonds is 3. The first-order valence-electron chi connectivity index (χ1n) is 8.44. The molecular weight excluding hydrogens is 349 g/mol. The van der Waals surface area contributed by atoms with Gasteiger partial charge in [-0.15, -0.1) is 11.3 Å². The number of halogens is 1. The molecule has 0 aliphatic carbocycles. The van der Waals surface area contributed by atoms with Gasteiger partial charge in [-0.1, -0.05) is 24.3 Å². The van der Waals surface area contributed by atoms with E-state index < -0.39 is 0 Å². The Hall–Kier alpha value is -2.66. The number of nitrogens with zero attached hydrogens (tertiary/aromatic N) is 1. The van der Waals surface area contributed by atoms with Gasteiger partial charge < -0.3 is 9.64 Å². The quantitative estimate of drug-likeness (QED) is 0.672. The van der Waals surface area contributed by atoms with Gasteiger partial charge in [-0.25, -0.2) is 4.39 Å². The fourth-order valence-electron chi connectivity index (χ4n) is 3.52. The highest BCUT2D eigenvalue weighted by Crippen LogP contribution is 2.39. The summed E-state index contributed by atoms with van der Waals surface area (Å²) in [5, 5.41) is 2.05. The van der Waals surface area contributed by atoms with Gasteiger partial charge in [0.25, 0.3) is 5.91 Å². The number of methoxy groups -OCH3 is 1. The molecule has 1 atom stereocenters. The van der Waals surface area contributed by atoms with Crippen LogP contribution in [0.4, 0.5) is 4.39 Å². The lowest BCUT2D eigenvalue weighted by molar-refractivity contribution is 0.0692. The Bertz CT molecular complexity index is 935. The second-order valence-electron chi connectivity index (χ2n) is 6.20. The summed E-state index contributed by atoms with van der Waals surface area (Å²) in [4.78, 5) is 16.5. The monoisotopic (exact) mass is 367 g/mol. The predicted octanol–water partition coefficient (Wildman–Crippen LogP) is 4.68. The number of ether oxygens (including phenoxy) is 1. The molecule has 1 aromatic heterocycles. The normalized spacial score (nSPS) is 16.2. The van der Waals surface area contributed by atoms with E-state index in [0.29, 0.717) is 17.9 Å². The number of hydrogen-bond donors (Lipinski definition) is 0. The van der Waals surface area contributed by atoms with Crippen LogP contribution in [0.15, 0.2) is 60.0 Å². The molecule has 2 heterocycles. The molecule has 1 aliphatic heterocycles. The maximum absolute atomic E-state index is 13.4. The molecule has 132 valence electrons. The molecule has 0 N–H and O–H groups in total. The fraction of sp³-hybridized carbons (Fsp3) is 0.190. The van der Waals surface area contributed by atoms with Crippen molar-refractivity contribution in [2.45, 2.75) is 12.5 Å². The highest BCUT2D eigenvalue weighted by atomic mass is 32.1. The summed E-state index contributed by atoms with van der Waals surface area (Å²) in [6, 6.07) is 15.5. The zero-order valence-electron chi connectivity index (χ0n) is 14.3. The molecular formula is C21H18FNO2S. The lowest BCUT2D eigenvalue weighted by Gasteiger charge is -2.36. The van der Waals surface area contributed by atoms with Crippen molar-refractivity contribution in [1.29, 1.82) is 0 Å². The molecule has 0 spiro atoms. The molecule has 0 unspecified atom stereocenters. The van der Waals surface area contributed by atoms with E-state index in [-0.39, 0.29) is 17.8 Å². The Labute approximate surface area is 155 Å². The van der Waals surface area contributed by atoms with Gasteiger partial charge in [-0.05, 0) is 53.3 Å². The Morgan fingerprint density at radius 3 is 2.69 bits per heavy atom. The maximum Gasteiger partial charge on any atom is 0.258 e. The first kappa shape index (κ1) is 16.8. The van der Waals surface area contributed by atoms with Gasteiger partial charge in [0.1, 0.15) is 11.6 Å². The standard InChI is InChI=1S/C21H18FNO2S/c1-25-18-5-3-2-4-16(18)21(24)23-12-10-19-17(11-13-26-19)20(23)14-6-8-15(22)9-7-14/h2-9,11,13,20H,10,12H2,1H3/t20-/m1/s1. The van der Waals surface area contributed by atoms with E-state index in [0.717, 1.165) is 17.5 Å². The van der Waals surface area contributed by atoms with Crippen molar-refractivity contribution in [2.75, 3.05) is 13.7 Å². The third-order valence-electron chi connectivity index (χ3n) is 4.75. The van der Waals surface area contributed by atoms with Gasteiger partial charge in [0.15, 0.2) is 0 Å². The Morgan fingerprint density at radius 2 is 1.92 bits per heavy atom. The number of benzene rings is 2. The van der Waals surface area contributed by atoms with Crippen LogP contribution in [0.25, 0.3) is 0 Å². The van der Waals surface area contributed by atoms with Crippen molar-refractivity contribution in [3.05, 3.63) is 87.4 Å². The highest BCUT2D eigenvalue weighted by Gasteiger charge is 2.34. The molecule has 2 aromatic carbocycles. The molecule has 0 radical (unpaired) electrons. The second kappa shape index (κ2) is 6.92. The maximum atomic E-state index is 13.4. The summed E-state index contributed by atoms with van der Waals surface area (Å²) < 4.78 is 18.8. The number of carbonyl (C=O) groups is 1. The number of carbonyl (C=O) groups excluding carboxylic acids is 1. The molecule has 5 heteroatoms. The molecule has 3 nitrogen and oxygen atoms in total.